The van der Waals surface area contributed by atoms with Crippen molar-refractivity contribution in [2.75, 3.05) is 17.7 Å². The van der Waals surface area contributed by atoms with E-state index in [9.17, 15) is 9.59 Å². The normalized spacial score (nSPS) is 11.5. The molecular formula is C19H22N2O3. The van der Waals surface area contributed by atoms with Crippen LogP contribution in [-0.4, -0.2) is 18.9 Å². The molecule has 1 unspecified atom stereocenters. The fourth-order valence-electron chi connectivity index (χ4n) is 2.37. The summed E-state index contributed by atoms with van der Waals surface area (Å²) >= 11 is 0. The smallest absolute Gasteiger partial charge is 0.314 e. The van der Waals surface area contributed by atoms with Gasteiger partial charge in [0.25, 0.3) is 0 Å². The number of hydrogen-bond donors (Lipinski definition) is 2. The maximum Gasteiger partial charge on any atom is 0.314 e. The number of hydrogen-bond acceptors (Lipinski definition) is 3. The molecule has 1 atom stereocenters. The summed E-state index contributed by atoms with van der Waals surface area (Å²) < 4.78 is 5.16. The van der Waals surface area contributed by atoms with Crippen LogP contribution in [0.5, 0.6) is 5.75 Å². The van der Waals surface area contributed by atoms with Crippen molar-refractivity contribution in [3.63, 3.8) is 0 Å². The molecule has 5 nitrogen and oxygen atoms in total. The van der Waals surface area contributed by atoms with Crippen molar-refractivity contribution in [2.45, 2.75) is 26.2 Å². The largest absolute Gasteiger partial charge is 0.495 e. The Balaban J connectivity index is 2.11. The maximum atomic E-state index is 12.2. The molecule has 0 spiro atoms. The first-order valence-corrected chi connectivity index (χ1v) is 7.91. The van der Waals surface area contributed by atoms with Gasteiger partial charge in [0.15, 0.2) is 0 Å². The van der Waals surface area contributed by atoms with E-state index in [1.165, 1.54) is 7.11 Å². The molecule has 0 aliphatic carbocycles. The fraction of sp³-hybridized carbons (Fsp3) is 0.263. The Morgan fingerprint density at radius 2 is 1.50 bits per heavy atom. The summed E-state index contributed by atoms with van der Waals surface area (Å²) in [7, 11) is 1.51. The summed E-state index contributed by atoms with van der Waals surface area (Å²) in [5.74, 6) is -0.660. The van der Waals surface area contributed by atoms with E-state index in [0.29, 0.717) is 23.0 Å². The third-order valence-electron chi connectivity index (χ3n) is 3.91. The molecule has 0 aromatic heterocycles. The van der Waals surface area contributed by atoms with E-state index in [2.05, 4.69) is 24.5 Å². The fourth-order valence-corrected chi connectivity index (χ4v) is 2.37. The number of amides is 2. The zero-order valence-corrected chi connectivity index (χ0v) is 14.1. The predicted molar refractivity (Wildman–Crippen MR) is 95.4 cm³/mol. The van der Waals surface area contributed by atoms with Gasteiger partial charge < -0.3 is 15.4 Å². The maximum absolute atomic E-state index is 12.2. The van der Waals surface area contributed by atoms with E-state index >= 15 is 0 Å². The van der Waals surface area contributed by atoms with E-state index in [1.54, 1.807) is 30.3 Å². The third-order valence-corrected chi connectivity index (χ3v) is 3.91. The molecule has 0 aliphatic rings. The molecule has 2 aromatic carbocycles. The average Bonchev–Trinajstić information content (AvgIpc) is 2.61. The van der Waals surface area contributed by atoms with Gasteiger partial charge in [-0.05, 0) is 36.1 Å². The lowest BCUT2D eigenvalue weighted by Gasteiger charge is -2.15. The Kier molecular flexibility index (Phi) is 5.95. The molecule has 0 aliphatic heterocycles. The van der Waals surface area contributed by atoms with E-state index in [1.807, 2.05) is 18.2 Å². The molecule has 2 amide bonds. The van der Waals surface area contributed by atoms with Crippen LogP contribution in [-0.2, 0) is 9.59 Å². The summed E-state index contributed by atoms with van der Waals surface area (Å²) in [4.78, 5) is 24.4. The minimum absolute atomic E-state index is 0.291. The Hall–Kier alpha value is -2.82. The molecule has 2 rings (SSSR count). The number of benzene rings is 2. The summed E-state index contributed by atoms with van der Waals surface area (Å²) in [6.07, 6.45) is 0.945. The number of carbonyl (C=O) groups is 2. The average molecular weight is 326 g/mol. The van der Waals surface area contributed by atoms with Gasteiger partial charge in [0.05, 0.1) is 12.8 Å². The van der Waals surface area contributed by atoms with Gasteiger partial charge in [0.2, 0.25) is 0 Å². The van der Waals surface area contributed by atoms with Crippen LogP contribution in [0.2, 0.25) is 0 Å². The van der Waals surface area contributed by atoms with Gasteiger partial charge in [-0.15, -0.1) is 0 Å². The molecule has 0 heterocycles. The summed E-state index contributed by atoms with van der Waals surface area (Å²) in [6, 6.07) is 14.5. The first-order chi connectivity index (χ1) is 11.6. The second-order valence-corrected chi connectivity index (χ2v) is 5.51. The van der Waals surface area contributed by atoms with Gasteiger partial charge in [0, 0.05) is 5.69 Å². The van der Waals surface area contributed by atoms with E-state index in [0.717, 1.165) is 12.0 Å². The minimum Gasteiger partial charge on any atom is -0.495 e. The van der Waals surface area contributed by atoms with Crippen molar-refractivity contribution in [1.29, 1.82) is 0 Å². The van der Waals surface area contributed by atoms with Crippen LogP contribution in [0.25, 0.3) is 0 Å². The lowest BCUT2D eigenvalue weighted by molar-refractivity contribution is -0.133. The highest BCUT2D eigenvalue weighted by Crippen LogP contribution is 2.27. The van der Waals surface area contributed by atoms with Crippen LogP contribution in [0, 0.1) is 0 Å². The predicted octanol–water partition coefficient (Wildman–Crippen LogP) is 3.79. The van der Waals surface area contributed by atoms with Crippen LogP contribution in [0.1, 0.15) is 31.7 Å². The second-order valence-electron chi connectivity index (χ2n) is 5.51. The van der Waals surface area contributed by atoms with E-state index in [4.69, 9.17) is 4.74 Å². The SMILES string of the molecule is CCC(C)c1ccccc1NC(=O)C(=O)Nc1ccccc1OC. The van der Waals surface area contributed by atoms with E-state index < -0.39 is 11.8 Å². The first-order valence-electron chi connectivity index (χ1n) is 7.91. The minimum atomic E-state index is -0.738. The van der Waals surface area contributed by atoms with Crippen LogP contribution >= 0.6 is 0 Å². The molecule has 24 heavy (non-hydrogen) atoms. The highest BCUT2D eigenvalue weighted by Gasteiger charge is 2.18. The summed E-state index contributed by atoms with van der Waals surface area (Å²) in [5, 5.41) is 5.26. The molecular weight excluding hydrogens is 304 g/mol. The molecule has 0 saturated carbocycles. The highest BCUT2D eigenvalue weighted by molar-refractivity contribution is 6.43. The number of carbonyl (C=O) groups excluding carboxylic acids is 2. The van der Waals surface area contributed by atoms with Gasteiger partial charge in [-0.3, -0.25) is 9.59 Å². The zero-order valence-electron chi connectivity index (χ0n) is 14.1. The highest BCUT2D eigenvalue weighted by atomic mass is 16.5. The number of ether oxygens (including phenoxy) is 1. The number of anilines is 2. The van der Waals surface area contributed by atoms with Crippen molar-refractivity contribution in [3.8, 4) is 5.75 Å². The van der Waals surface area contributed by atoms with E-state index in [-0.39, 0.29) is 0 Å². The van der Waals surface area contributed by atoms with Gasteiger partial charge in [-0.2, -0.15) is 0 Å². The van der Waals surface area contributed by atoms with Crippen molar-refractivity contribution < 1.29 is 14.3 Å². The summed E-state index contributed by atoms with van der Waals surface area (Å²) in [5.41, 5.74) is 2.13. The van der Waals surface area contributed by atoms with Gasteiger partial charge >= 0.3 is 11.8 Å². The molecule has 2 aromatic rings. The molecule has 2 N–H and O–H groups in total. The summed E-state index contributed by atoms with van der Waals surface area (Å²) in [6.45, 7) is 4.16. The van der Waals surface area contributed by atoms with Crippen molar-refractivity contribution in [3.05, 3.63) is 54.1 Å². The molecule has 0 radical (unpaired) electrons. The Labute approximate surface area is 142 Å². The van der Waals surface area contributed by atoms with Crippen LogP contribution in [0.4, 0.5) is 11.4 Å². The van der Waals surface area contributed by atoms with Gasteiger partial charge in [-0.1, -0.05) is 44.2 Å². The number of nitrogens with one attached hydrogen (secondary N) is 2. The van der Waals surface area contributed by atoms with Crippen LogP contribution < -0.4 is 15.4 Å². The first kappa shape index (κ1) is 17.5. The molecule has 5 heteroatoms. The van der Waals surface area contributed by atoms with Gasteiger partial charge in [-0.25, -0.2) is 0 Å². The van der Waals surface area contributed by atoms with Crippen molar-refractivity contribution in [1.82, 2.24) is 0 Å². The second kappa shape index (κ2) is 8.15. The van der Waals surface area contributed by atoms with Crippen LogP contribution in [0.15, 0.2) is 48.5 Å². The number of para-hydroxylation sites is 3. The molecule has 0 saturated heterocycles. The quantitative estimate of drug-likeness (QED) is 0.822. The third kappa shape index (κ3) is 4.13. The molecule has 126 valence electrons. The number of methoxy groups -OCH3 is 1. The monoisotopic (exact) mass is 326 g/mol. The Morgan fingerprint density at radius 1 is 0.958 bits per heavy atom. The van der Waals surface area contributed by atoms with Crippen molar-refractivity contribution in [2.24, 2.45) is 0 Å². The lowest BCUT2D eigenvalue weighted by Crippen LogP contribution is -2.29. The van der Waals surface area contributed by atoms with Crippen LogP contribution in [0.3, 0.4) is 0 Å². The standard InChI is InChI=1S/C19H22N2O3/c1-4-13(2)14-9-5-6-10-15(14)20-18(22)19(23)21-16-11-7-8-12-17(16)24-3/h5-13H,4H2,1-3H3,(H,20,22)(H,21,23). The zero-order chi connectivity index (χ0) is 17.5. The Bertz CT molecular complexity index is 728. The molecule has 0 fully saturated rings. The lowest BCUT2D eigenvalue weighted by atomic mass is 9.97. The van der Waals surface area contributed by atoms with Gasteiger partial charge in [0.1, 0.15) is 5.75 Å². The number of rotatable bonds is 5. The topological polar surface area (TPSA) is 67.4 Å². The van der Waals surface area contributed by atoms with Crippen molar-refractivity contribution >= 4 is 23.2 Å². The molecule has 0 bridgehead atoms. The Morgan fingerprint density at radius 3 is 2.12 bits per heavy atom.